The molecule has 106 valence electrons. The monoisotopic (exact) mass is 273 g/mol. The smallest absolute Gasteiger partial charge is 0.243 e. The van der Waals surface area contributed by atoms with Gasteiger partial charge in [-0.05, 0) is 31.1 Å². The molecule has 3 unspecified atom stereocenters. The maximum atomic E-state index is 6.13. The van der Waals surface area contributed by atoms with Crippen LogP contribution in [0.2, 0.25) is 0 Å². The number of fused-ring (bicyclic) bond motifs is 2. The van der Waals surface area contributed by atoms with E-state index in [1.54, 1.807) is 12.5 Å². The molecule has 2 aliphatic rings. The van der Waals surface area contributed by atoms with Crippen molar-refractivity contribution >= 4 is 0 Å². The third-order valence-corrected chi connectivity index (χ3v) is 4.84. The Morgan fingerprint density at radius 3 is 3.05 bits per heavy atom. The molecule has 0 saturated heterocycles. The van der Waals surface area contributed by atoms with Crippen molar-refractivity contribution in [1.29, 1.82) is 0 Å². The van der Waals surface area contributed by atoms with E-state index in [2.05, 4.69) is 20.1 Å². The fraction of sp³-hybridized carbons (Fsp3) is 0.643. The highest BCUT2D eigenvalue weighted by Crippen LogP contribution is 2.52. The van der Waals surface area contributed by atoms with E-state index in [0.717, 1.165) is 23.4 Å². The molecule has 4 atom stereocenters. The van der Waals surface area contributed by atoms with Gasteiger partial charge in [-0.15, -0.1) is 0 Å². The summed E-state index contributed by atoms with van der Waals surface area (Å²) in [5.74, 6) is 3.54. The Labute approximate surface area is 117 Å². The van der Waals surface area contributed by atoms with Gasteiger partial charge in [-0.1, -0.05) is 11.6 Å². The van der Waals surface area contributed by atoms with Crippen molar-refractivity contribution in [1.82, 2.24) is 20.1 Å². The number of hydrogen-bond acceptors (Lipinski definition) is 5. The van der Waals surface area contributed by atoms with Crippen LogP contribution in [0, 0.1) is 11.8 Å². The Hall–Kier alpha value is -1.69. The van der Waals surface area contributed by atoms with Crippen molar-refractivity contribution in [3.63, 3.8) is 0 Å². The molecule has 2 bridgehead atoms. The lowest BCUT2D eigenvalue weighted by atomic mass is 9.88. The Kier molecular flexibility index (Phi) is 2.84. The third-order valence-electron chi connectivity index (χ3n) is 4.84. The molecule has 6 heteroatoms. The van der Waals surface area contributed by atoms with Gasteiger partial charge >= 0.3 is 0 Å². The molecule has 20 heavy (non-hydrogen) atoms. The quantitative estimate of drug-likeness (QED) is 0.887. The number of nitrogens with zero attached hydrogens (tertiary/aromatic N) is 3. The van der Waals surface area contributed by atoms with Crippen molar-refractivity contribution in [2.24, 2.45) is 17.6 Å². The molecular weight excluding hydrogens is 254 g/mol. The molecule has 2 aromatic rings. The van der Waals surface area contributed by atoms with Crippen LogP contribution in [0.25, 0.3) is 0 Å². The molecule has 2 fully saturated rings. The summed E-state index contributed by atoms with van der Waals surface area (Å²) in [6.45, 7) is 0. The van der Waals surface area contributed by atoms with E-state index < -0.39 is 0 Å². The van der Waals surface area contributed by atoms with Crippen LogP contribution in [-0.2, 0) is 6.42 Å². The Morgan fingerprint density at radius 1 is 1.40 bits per heavy atom. The standard InChI is InChI=1S/C14H19N5O/c15-12(5-10-6-16-7-17-10)14-18-13(19-20-14)11-4-8-1-2-9(11)3-8/h6-9,11-12H,1-5,15H2,(H,16,17)/t8?,9?,11?,12-/m1/s1. The third kappa shape index (κ3) is 2.04. The molecule has 0 spiro atoms. The predicted molar refractivity (Wildman–Crippen MR) is 71.7 cm³/mol. The van der Waals surface area contributed by atoms with E-state index in [-0.39, 0.29) is 6.04 Å². The summed E-state index contributed by atoms with van der Waals surface area (Å²) in [5.41, 5.74) is 7.11. The summed E-state index contributed by atoms with van der Waals surface area (Å²) in [6.07, 6.45) is 9.32. The van der Waals surface area contributed by atoms with Gasteiger partial charge < -0.3 is 15.2 Å². The molecular formula is C14H19N5O. The lowest BCUT2D eigenvalue weighted by Gasteiger charge is -2.17. The number of rotatable bonds is 4. The van der Waals surface area contributed by atoms with Gasteiger partial charge in [0.2, 0.25) is 5.89 Å². The van der Waals surface area contributed by atoms with Crippen LogP contribution < -0.4 is 5.73 Å². The van der Waals surface area contributed by atoms with Crippen LogP contribution in [0.5, 0.6) is 0 Å². The van der Waals surface area contributed by atoms with Gasteiger partial charge in [0.15, 0.2) is 5.82 Å². The molecule has 2 heterocycles. The molecule has 0 radical (unpaired) electrons. The fourth-order valence-corrected chi connectivity index (χ4v) is 3.83. The molecule has 2 aliphatic carbocycles. The van der Waals surface area contributed by atoms with Crippen molar-refractivity contribution < 1.29 is 4.52 Å². The highest BCUT2D eigenvalue weighted by molar-refractivity contribution is 5.08. The Balaban J connectivity index is 1.47. The number of imidazole rings is 1. The predicted octanol–water partition coefficient (Wildman–Crippen LogP) is 1.94. The first-order chi connectivity index (χ1) is 9.79. The number of aromatic nitrogens is 4. The van der Waals surface area contributed by atoms with E-state index in [9.17, 15) is 0 Å². The first-order valence-corrected chi connectivity index (χ1v) is 7.36. The lowest BCUT2D eigenvalue weighted by Crippen LogP contribution is -2.15. The molecule has 0 amide bonds. The van der Waals surface area contributed by atoms with E-state index >= 15 is 0 Å². The molecule has 4 rings (SSSR count). The van der Waals surface area contributed by atoms with Gasteiger partial charge in [-0.2, -0.15) is 4.98 Å². The molecule has 6 nitrogen and oxygen atoms in total. The SMILES string of the molecule is N[C@H](Cc1cnc[nH]1)c1nc(C2CC3CCC2C3)no1. The van der Waals surface area contributed by atoms with Crippen LogP contribution in [0.3, 0.4) is 0 Å². The van der Waals surface area contributed by atoms with Crippen molar-refractivity contribution in [2.45, 2.75) is 44.1 Å². The number of aromatic amines is 1. The zero-order valence-electron chi connectivity index (χ0n) is 11.3. The molecule has 3 N–H and O–H groups in total. The summed E-state index contributed by atoms with van der Waals surface area (Å²) in [4.78, 5) is 11.6. The Bertz CT molecular complexity index is 578. The van der Waals surface area contributed by atoms with Crippen molar-refractivity contribution in [3.8, 4) is 0 Å². The summed E-state index contributed by atoms with van der Waals surface area (Å²) in [5, 5.41) is 4.18. The summed E-state index contributed by atoms with van der Waals surface area (Å²) in [7, 11) is 0. The van der Waals surface area contributed by atoms with Gasteiger partial charge in [0, 0.05) is 24.2 Å². The van der Waals surface area contributed by atoms with E-state index in [0.29, 0.717) is 18.2 Å². The molecule has 2 aromatic heterocycles. The largest absolute Gasteiger partial charge is 0.348 e. The lowest BCUT2D eigenvalue weighted by molar-refractivity contribution is 0.336. The molecule has 2 saturated carbocycles. The molecule has 0 aromatic carbocycles. The van der Waals surface area contributed by atoms with Gasteiger partial charge in [0.05, 0.1) is 12.4 Å². The maximum Gasteiger partial charge on any atom is 0.243 e. The van der Waals surface area contributed by atoms with Gasteiger partial charge in [-0.25, -0.2) is 4.98 Å². The highest BCUT2D eigenvalue weighted by Gasteiger charge is 2.42. The van der Waals surface area contributed by atoms with Crippen LogP contribution in [0.4, 0.5) is 0 Å². The second kappa shape index (κ2) is 4.70. The number of hydrogen-bond donors (Lipinski definition) is 2. The van der Waals surface area contributed by atoms with Crippen molar-refractivity contribution in [3.05, 3.63) is 29.9 Å². The fourth-order valence-electron chi connectivity index (χ4n) is 3.83. The maximum absolute atomic E-state index is 6.13. The van der Waals surface area contributed by atoms with Crippen LogP contribution in [0.1, 0.15) is 55.1 Å². The minimum absolute atomic E-state index is 0.268. The average Bonchev–Trinajstić information content (AvgIpc) is 3.22. The number of nitrogens with two attached hydrogens (primary N) is 1. The number of nitrogens with one attached hydrogen (secondary N) is 1. The van der Waals surface area contributed by atoms with Gasteiger partial charge in [0.1, 0.15) is 0 Å². The van der Waals surface area contributed by atoms with Gasteiger partial charge in [0.25, 0.3) is 0 Å². The zero-order valence-corrected chi connectivity index (χ0v) is 11.3. The minimum atomic E-state index is -0.268. The molecule has 0 aliphatic heterocycles. The van der Waals surface area contributed by atoms with Crippen molar-refractivity contribution in [2.75, 3.05) is 0 Å². The van der Waals surface area contributed by atoms with Crippen LogP contribution in [0.15, 0.2) is 17.0 Å². The first kappa shape index (κ1) is 12.1. The normalized spacial score (nSPS) is 29.9. The second-order valence-corrected chi connectivity index (χ2v) is 6.16. The first-order valence-electron chi connectivity index (χ1n) is 7.36. The topological polar surface area (TPSA) is 93.6 Å². The van der Waals surface area contributed by atoms with Gasteiger partial charge in [-0.3, -0.25) is 0 Å². The highest BCUT2D eigenvalue weighted by atomic mass is 16.5. The summed E-state index contributed by atoms with van der Waals surface area (Å²) >= 11 is 0. The van der Waals surface area contributed by atoms with Crippen LogP contribution >= 0.6 is 0 Å². The average molecular weight is 273 g/mol. The Morgan fingerprint density at radius 2 is 2.35 bits per heavy atom. The minimum Gasteiger partial charge on any atom is -0.348 e. The zero-order chi connectivity index (χ0) is 13.5. The summed E-state index contributed by atoms with van der Waals surface area (Å²) < 4.78 is 5.37. The van der Waals surface area contributed by atoms with E-state index in [1.807, 2.05) is 0 Å². The van der Waals surface area contributed by atoms with E-state index in [1.165, 1.54) is 25.7 Å². The number of H-pyrrole nitrogens is 1. The van der Waals surface area contributed by atoms with E-state index in [4.69, 9.17) is 10.3 Å². The van der Waals surface area contributed by atoms with Crippen LogP contribution in [-0.4, -0.2) is 20.1 Å². The summed E-state index contributed by atoms with van der Waals surface area (Å²) in [6, 6.07) is -0.268. The second-order valence-electron chi connectivity index (χ2n) is 6.16.